The van der Waals surface area contributed by atoms with Crippen molar-refractivity contribution in [2.75, 3.05) is 33.0 Å². The van der Waals surface area contributed by atoms with Gasteiger partial charge in [0.05, 0.1) is 45.2 Å². The van der Waals surface area contributed by atoms with Crippen molar-refractivity contribution < 1.29 is 59.1 Å². The molecule has 1 aromatic heterocycles. The van der Waals surface area contributed by atoms with Crippen molar-refractivity contribution in [3.8, 4) is 0 Å². The molecule has 0 radical (unpaired) electrons. The Kier molecular flexibility index (Phi) is 21.4. The molecule has 0 aromatic carbocycles. The van der Waals surface area contributed by atoms with E-state index in [2.05, 4.69) is 34.2 Å². The quantitative estimate of drug-likeness (QED) is 0.0325. The van der Waals surface area contributed by atoms with Crippen LogP contribution in [0.4, 0.5) is 0 Å². The maximum absolute atomic E-state index is 10.7. The molecule has 1 aromatic rings. The van der Waals surface area contributed by atoms with Crippen molar-refractivity contribution in [1.29, 1.82) is 0 Å². The highest BCUT2D eigenvalue weighted by molar-refractivity contribution is 4.95. The molecule has 0 spiro atoms. The molecular weight excluding hydrogens is 684 g/mol. The largest absolute Gasteiger partial charge is 0.388 e. The van der Waals surface area contributed by atoms with Crippen LogP contribution in [-0.2, 0) is 41.6 Å². The van der Waals surface area contributed by atoms with Crippen molar-refractivity contribution in [3.05, 3.63) is 22.3 Å². The maximum atomic E-state index is 10.7. The zero-order valence-electron chi connectivity index (χ0n) is 30.7. The number of rotatable bonds is 27. The van der Waals surface area contributed by atoms with Crippen LogP contribution in [0.3, 0.4) is 0 Å². The number of ether oxygens (including phenoxy) is 6. The topological polar surface area (TPSA) is 256 Å². The Balaban J connectivity index is 1.52. The highest BCUT2D eigenvalue weighted by atomic mass is 16.8. The minimum atomic E-state index is -1.78. The Bertz CT molecular complexity index is 1110. The maximum Gasteiger partial charge on any atom is 0.189 e. The molecule has 0 saturated carbocycles. The summed E-state index contributed by atoms with van der Waals surface area (Å²) >= 11 is 0. The van der Waals surface area contributed by atoms with Crippen LogP contribution >= 0.6 is 0 Å². The summed E-state index contributed by atoms with van der Waals surface area (Å²) in [6, 6.07) is 0. The van der Waals surface area contributed by atoms with E-state index < -0.39 is 61.4 Å². The normalized spacial score (nSPS) is 29.4. The first kappa shape index (κ1) is 44.4. The molecule has 300 valence electrons. The van der Waals surface area contributed by atoms with Crippen LogP contribution in [0.5, 0.6) is 0 Å². The van der Waals surface area contributed by atoms with Gasteiger partial charge in [-0.3, -0.25) is 0 Å². The number of aliphatic hydroxyl groups is 6. The molecule has 2 aliphatic rings. The third-order valence-electron chi connectivity index (χ3n) is 9.24. The molecule has 0 amide bonds. The van der Waals surface area contributed by atoms with Crippen LogP contribution in [0.1, 0.15) is 96.6 Å². The van der Waals surface area contributed by atoms with E-state index in [4.69, 9.17) is 34.0 Å². The van der Waals surface area contributed by atoms with Gasteiger partial charge in [0.25, 0.3) is 0 Å². The molecule has 6 N–H and O–H groups in total. The molecule has 52 heavy (non-hydrogen) atoms. The summed E-state index contributed by atoms with van der Waals surface area (Å²) in [5.41, 5.74) is 9.11. The zero-order chi connectivity index (χ0) is 37.7. The van der Waals surface area contributed by atoms with E-state index in [1.165, 1.54) is 56.0 Å². The third-order valence-corrected chi connectivity index (χ3v) is 9.24. The van der Waals surface area contributed by atoms with E-state index in [1.54, 1.807) is 6.20 Å². The second kappa shape index (κ2) is 25.1. The van der Waals surface area contributed by atoms with Gasteiger partial charge >= 0.3 is 0 Å². The van der Waals surface area contributed by atoms with Crippen LogP contribution in [0, 0.1) is 0 Å². The predicted molar refractivity (Wildman–Crippen MR) is 185 cm³/mol. The molecule has 10 atom stereocenters. The first-order chi connectivity index (χ1) is 25.2. The van der Waals surface area contributed by atoms with Gasteiger partial charge in [0.2, 0.25) is 0 Å². The summed E-state index contributed by atoms with van der Waals surface area (Å²) in [5, 5.41) is 74.3. The van der Waals surface area contributed by atoms with Crippen LogP contribution in [-0.4, -0.2) is 146 Å². The van der Waals surface area contributed by atoms with E-state index in [0.29, 0.717) is 32.1 Å². The van der Waals surface area contributed by atoms with Gasteiger partial charge in [0, 0.05) is 18.1 Å². The zero-order valence-corrected chi connectivity index (χ0v) is 30.7. The van der Waals surface area contributed by atoms with Crippen LogP contribution in [0.2, 0.25) is 0 Å². The second-order valence-corrected chi connectivity index (χ2v) is 13.6. The van der Waals surface area contributed by atoms with Gasteiger partial charge in [-0.2, -0.15) is 0 Å². The Labute approximate surface area is 305 Å². The smallest absolute Gasteiger partial charge is 0.189 e. The van der Waals surface area contributed by atoms with E-state index in [-0.39, 0.29) is 25.8 Å². The molecule has 6 unspecified atom stereocenters. The van der Waals surface area contributed by atoms with Crippen molar-refractivity contribution in [1.82, 2.24) is 15.0 Å². The van der Waals surface area contributed by atoms with Gasteiger partial charge in [0.15, 0.2) is 12.6 Å². The highest BCUT2D eigenvalue weighted by Gasteiger charge is 2.49. The Hall–Kier alpha value is -2.03. The summed E-state index contributed by atoms with van der Waals surface area (Å²) in [6.45, 7) is 6.10. The molecule has 18 nitrogen and oxygen atoms in total. The molecule has 3 heterocycles. The van der Waals surface area contributed by atoms with Crippen molar-refractivity contribution >= 4 is 0 Å². The number of aromatic nitrogens is 3. The SMILES string of the molecule is CCCCCCCCOCC(COCCCCCCCC)OCc1cn(CC2O[C@H](O[C@H]3OC(CN=[N+]=[N-])[C@@H](O)C(O)C3O)C(O)C(O)[C@@H]2O)nn1. The Morgan fingerprint density at radius 2 is 1.27 bits per heavy atom. The number of nitrogens with zero attached hydrogens (tertiary/aromatic N) is 6. The molecule has 2 aliphatic heterocycles. The monoisotopic (exact) mass is 746 g/mol. The molecule has 18 heteroatoms. The van der Waals surface area contributed by atoms with Crippen LogP contribution in [0.15, 0.2) is 11.3 Å². The standard InChI is InChI=1S/C34H62N6O12/c1-3-5-7-9-11-13-15-47-21-24(22-48-16-14-12-10-8-6-4-2)49-20-23-18-40(39-37-23)19-26-28(42)30(44)32(46)34(51-26)52-33-31(45)29(43)27(41)25(50-33)17-36-38-35/h18,24-34,41-46H,3-17,19-22H2,1-2H3/t25?,26?,27-,28-,29?,30?,31?,32?,33-,34-/m1/s1. The van der Waals surface area contributed by atoms with Gasteiger partial charge in [-0.05, 0) is 18.4 Å². The number of unbranched alkanes of at least 4 members (excludes halogenated alkanes) is 10. The van der Waals surface area contributed by atoms with Gasteiger partial charge in [0.1, 0.15) is 54.5 Å². The summed E-state index contributed by atoms with van der Waals surface area (Å²) in [6.07, 6.45) is -0.448. The Morgan fingerprint density at radius 3 is 1.83 bits per heavy atom. The number of hydrogen-bond donors (Lipinski definition) is 6. The molecule has 2 saturated heterocycles. The van der Waals surface area contributed by atoms with Gasteiger partial charge in [-0.25, -0.2) is 4.68 Å². The lowest BCUT2D eigenvalue weighted by Crippen LogP contribution is -2.63. The van der Waals surface area contributed by atoms with Crippen molar-refractivity contribution in [3.63, 3.8) is 0 Å². The lowest BCUT2D eigenvalue weighted by atomic mass is 9.97. The molecule has 0 aliphatic carbocycles. The fourth-order valence-electron chi connectivity index (χ4n) is 6.03. The van der Waals surface area contributed by atoms with Gasteiger partial charge < -0.3 is 59.1 Å². The average molecular weight is 747 g/mol. The number of hydrogen-bond acceptors (Lipinski definition) is 15. The number of aliphatic hydroxyl groups excluding tert-OH is 6. The van der Waals surface area contributed by atoms with E-state index in [9.17, 15) is 30.6 Å². The highest BCUT2D eigenvalue weighted by Crippen LogP contribution is 2.29. The van der Waals surface area contributed by atoms with E-state index in [0.717, 1.165) is 25.7 Å². The number of azide groups is 1. The van der Waals surface area contributed by atoms with Crippen LogP contribution in [0.25, 0.3) is 10.4 Å². The van der Waals surface area contributed by atoms with Crippen molar-refractivity contribution in [2.45, 2.75) is 172 Å². The Morgan fingerprint density at radius 1 is 0.750 bits per heavy atom. The van der Waals surface area contributed by atoms with Gasteiger partial charge in [-0.1, -0.05) is 88.4 Å². The summed E-state index contributed by atoms with van der Waals surface area (Å²) in [5.74, 6) is 0. The average Bonchev–Trinajstić information content (AvgIpc) is 3.60. The third kappa shape index (κ3) is 15.0. The molecular formula is C34H62N6O12. The van der Waals surface area contributed by atoms with Crippen LogP contribution < -0.4 is 0 Å². The summed E-state index contributed by atoms with van der Waals surface area (Å²) in [4.78, 5) is 2.60. The predicted octanol–water partition coefficient (Wildman–Crippen LogP) is 1.86. The minimum absolute atomic E-state index is 0.112. The minimum Gasteiger partial charge on any atom is -0.388 e. The lowest BCUT2D eigenvalue weighted by Gasteiger charge is -2.44. The first-order valence-corrected chi connectivity index (χ1v) is 18.9. The van der Waals surface area contributed by atoms with Crippen molar-refractivity contribution in [2.24, 2.45) is 5.11 Å². The molecule has 0 bridgehead atoms. The molecule has 3 rings (SSSR count). The molecule has 2 fully saturated rings. The lowest BCUT2D eigenvalue weighted by molar-refractivity contribution is -0.373. The van der Waals surface area contributed by atoms with E-state index >= 15 is 0 Å². The first-order valence-electron chi connectivity index (χ1n) is 18.9. The summed E-state index contributed by atoms with van der Waals surface area (Å²) < 4.78 is 36.2. The fraction of sp³-hybridized carbons (Fsp3) is 0.941. The summed E-state index contributed by atoms with van der Waals surface area (Å²) in [7, 11) is 0. The van der Waals surface area contributed by atoms with Gasteiger partial charge in [-0.15, -0.1) is 5.10 Å². The second-order valence-electron chi connectivity index (χ2n) is 13.6. The van der Waals surface area contributed by atoms with E-state index in [1.807, 2.05) is 0 Å². The fourth-order valence-corrected chi connectivity index (χ4v) is 6.03.